The molecule has 0 aliphatic rings. The van der Waals surface area contributed by atoms with Crippen LogP contribution in [0.1, 0.15) is 11.1 Å². The summed E-state index contributed by atoms with van der Waals surface area (Å²) in [5.41, 5.74) is 11.8. The number of para-hydroxylation sites is 1. The average molecular weight is 203 g/mol. The Morgan fingerprint density at radius 1 is 1.00 bits per heavy atom. The smallest absolute Gasteiger partial charge is 0.0423 e. The average Bonchev–Trinajstić information content (AvgIpc) is 2.57. The number of thiophene rings is 1. The fraction of sp³-hybridized carbons (Fsp3) is 0.167. The van der Waals surface area contributed by atoms with Gasteiger partial charge in [-0.15, -0.1) is 0 Å². The highest BCUT2D eigenvalue weighted by molar-refractivity contribution is 7.08. The molecule has 1 aromatic heterocycles. The predicted molar refractivity (Wildman–Crippen MR) is 63.6 cm³/mol. The zero-order chi connectivity index (χ0) is 10.1. The van der Waals surface area contributed by atoms with E-state index in [1.54, 1.807) is 11.3 Å². The van der Waals surface area contributed by atoms with Gasteiger partial charge in [0.05, 0.1) is 0 Å². The molecular formula is C12H13NS. The van der Waals surface area contributed by atoms with Crippen molar-refractivity contribution in [2.45, 2.75) is 13.8 Å². The monoisotopic (exact) mass is 203 g/mol. The molecular weight excluding hydrogens is 190 g/mol. The molecule has 72 valence electrons. The summed E-state index contributed by atoms with van der Waals surface area (Å²) in [6.45, 7) is 4.16. The molecule has 0 saturated carbocycles. The molecule has 0 aliphatic carbocycles. The van der Waals surface area contributed by atoms with Crippen LogP contribution in [-0.4, -0.2) is 0 Å². The van der Waals surface area contributed by atoms with Crippen molar-refractivity contribution in [3.63, 3.8) is 0 Å². The molecule has 0 unspecified atom stereocenters. The zero-order valence-electron chi connectivity index (χ0n) is 8.37. The van der Waals surface area contributed by atoms with Gasteiger partial charge in [-0.25, -0.2) is 0 Å². The molecule has 14 heavy (non-hydrogen) atoms. The third-order valence-electron chi connectivity index (χ3n) is 2.47. The van der Waals surface area contributed by atoms with Gasteiger partial charge in [0.2, 0.25) is 0 Å². The SMILES string of the molecule is Cc1cscc1-c1cccc(C)c1N. The van der Waals surface area contributed by atoms with E-state index in [1.165, 1.54) is 11.1 Å². The molecule has 2 N–H and O–H groups in total. The van der Waals surface area contributed by atoms with Crippen molar-refractivity contribution in [1.82, 2.24) is 0 Å². The standard InChI is InChI=1S/C12H13NS/c1-8-4-3-5-10(12(8)13)11-7-14-6-9(11)2/h3-7H,13H2,1-2H3. The fourth-order valence-corrected chi connectivity index (χ4v) is 2.40. The Morgan fingerprint density at radius 3 is 2.43 bits per heavy atom. The normalized spacial score (nSPS) is 10.4. The molecule has 0 radical (unpaired) electrons. The highest BCUT2D eigenvalue weighted by Crippen LogP contribution is 2.32. The van der Waals surface area contributed by atoms with Gasteiger partial charge >= 0.3 is 0 Å². The Balaban J connectivity index is 2.63. The first kappa shape index (κ1) is 9.28. The lowest BCUT2D eigenvalue weighted by atomic mass is 10.0. The minimum absolute atomic E-state index is 0.897. The van der Waals surface area contributed by atoms with Crippen molar-refractivity contribution in [3.05, 3.63) is 40.1 Å². The van der Waals surface area contributed by atoms with Crippen molar-refractivity contribution in [2.75, 3.05) is 5.73 Å². The summed E-state index contributed by atoms with van der Waals surface area (Å²) in [6, 6.07) is 6.18. The van der Waals surface area contributed by atoms with Crippen LogP contribution in [0.2, 0.25) is 0 Å². The van der Waals surface area contributed by atoms with Gasteiger partial charge in [0.1, 0.15) is 0 Å². The zero-order valence-corrected chi connectivity index (χ0v) is 9.19. The summed E-state index contributed by atoms with van der Waals surface area (Å²) >= 11 is 1.72. The number of nitrogen functional groups attached to an aromatic ring is 1. The molecule has 0 spiro atoms. The lowest BCUT2D eigenvalue weighted by Gasteiger charge is -2.07. The fourth-order valence-electron chi connectivity index (χ4n) is 1.55. The Kier molecular flexibility index (Phi) is 2.30. The van der Waals surface area contributed by atoms with Crippen LogP contribution in [0.4, 0.5) is 5.69 Å². The highest BCUT2D eigenvalue weighted by Gasteiger charge is 2.07. The molecule has 1 nitrogen and oxygen atoms in total. The quantitative estimate of drug-likeness (QED) is 0.704. The van der Waals surface area contributed by atoms with Gasteiger partial charge < -0.3 is 5.73 Å². The predicted octanol–water partition coefficient (Wildman–Crippen LogP) is 3.61. The van der Waals surface area contributed by atoms with Crippen LogP contribution in [0.3, 0.4) is 0 Å². The van der Waals surface area contributed by atoms with Crippen LogP contribution >= 0.6 is 11.3 Å². The lowest BCUT2D eigenvalue weighted by Crippen LogP contribution is -1.93. The van der Waals surface area contributed by atoms with E-state index in [0.29, 0.717) is 0 Å². The highest BCUT2D eigenvalue weighted by atomic mass is 32.1. The van der Waals surface area contributed by atoms with Crippen LogP contribution in [0, 0.1) is 13.8 Å². The summed E-state index contributed by atoms with van der Waals surface area (Å²) in [5.74, 6) is 0. The van der Waals surface area contributed by atoms with Crippen LogP contribution in [0.15, 0.2) is 29.0 Å². The first-order chi connectivity index (χ1) is 6.70. The molecule has 1 aromatic carbocycles. The van der Waals surface area contributed by atoms with Crippen LogP contribution < -0.4 is 5.73 Å². The summed E-state index contributed by atoms with van der Waals surface area (Å²) < 4.78 is 0. The van der Waals surface area contributed by atoms with E-state index in [-0.39, 0.29) is 0 Å². The topological polar surface area (TPSA) is 26.0 Å². The number of hydrogen-bond donors (Lipinski definition) is 1. The second-order valence-electron chi connectivity index (χ2n) is 3.50. The molecule has 2 heteroatoms. The molecule has 0 saturated heterocycles. The van der Waals surface area contributed by atoms with Gasteiger partial charge in [-0.1, -0.05) is 18.2 Å². The first-order valence-corrected chi connectivity index (χ1v) is 5.52. The lowest BCUT2D eigenvalue weighted by molar-refractivity contribution is 1.45. The number of anilines is 1. The van der Waals surface area contributed by atoms with E-state index in [4.69, 9.17) is 5.73 Å². The van der Waals surface area contributed by atoms with Crippen molar-refractivity contribution in [1.29, 1.82) is 0 Å². The second-order valence-corrected chi connectivity index (χ2v) is 4.25. The van der Waals surface area contributed by atoms with E-state index in [2.05, 4.69) is 29.8 Å². The number of rotatable bonds is 1. The van der Waals surface area contributed by atoms with E-state index in [0.717, 1.165) is 16.8 Å². The van der Waals surface area contributed by atoms with Gasteiger partial charge in [-0.2, -0.15) is 11.3 Å². The van der Waals surface area contributed by atoms with Crippen molar-refractivity contribution in [2.24, 2.45) is 0 Å². The van der Waals surface area contributed by atoms with E-state index >= 15 is 0 Å². The minimum atomic E-state index is 0.897. The first-order valence-electron chi connectivity index (χ1n) is 4.58. The minimum Gasteiger partial charge on any atom is -0.398 e. The van der Waals surface area contributed by atoms with Crippen molar-refractivity contribution >= 4 is 17.0 Å². The third kappa shape index (κ3) is 1.42. The summed E-state index contributed by atoms with van der Waals surface area (Å²) in [4.78, 5) is 0. The Bertz CT molecular complexity index is 457. The summed E-state index contributed by atoms with van der Waals surface area (Å²) in [6.07, 6.45) is 0. The summed E-state index contributed by atoms with van der Waals surface area (Å²) in [7, 11) is 0. The van der Waals surface area contributed by atoms with Crippen molar-refractivity contribution < 1.29 is 0 Å². The van der Waals surface area contributed by atoms with Crippen LogP contribution in [-0.2, 0) is 0 Å². The maximum absolute atomic E-state index is 6.05. The molecule has 0 amide bonds. The number of aryl methyl sites for hydroxylation is 2. The molecule has 0 aliphatic heterocycles. The van der Waals surface area contributed by atoms with Gasteiger partial charge in [-0.3, -0.25) is 0 Å². The van der Waals surface area contributed by atoms with Gasteiger partial charge in [-0.05, 0) is 41.3 Å². The number of nitrogens with two attached hydrogens (primary N) is 1. The Morgan fingerprint density at radius 2 is 1.79 bits per heavy atom. The van der Waals surface area contributed by atoms with Gasteiger partial charge in [0.25, 0.3) is 0 Å². The molecule has 1 heterocycles. The van der Waals surface area contributed by atoms with Crippen LogP contribution in [0.5, 0.6) is 0 Å². The molecule has 0 bridgehead atoms. The van der Waals surface area contributed by atoms with E-state index in [1.807, 2.05) is 13.0 Å². The molecule has 0 fully saturated rings. The number of hydrogen-bond acceptors (Lipinski definition) is 2. The second kappa shape index (κ2) is 3.46. The van der Waals surface area contributed by atoms with E-state index in [9.17, 15) is 0 Å². The largest absolute Gasteiger partial charge is 0.398 e. The molecule has 2 aromatic rings. The van der Waals surface area contributed by atoms with Crippen molar-refractivity contribution in [3.8, 4) is 11.1 Å². The van der Waals surface area contributed by atoms with Crippen LogP contribution in [0.25, 0.3) is 11.1 Å². The van der Waals surface area contributed by atoms with Gasteiger partial charge in [0.15, 0.2) is 0 Å². The number of benzene rings is 1. The maximum Gasteiger partial charge on any atom is 0.0423 e. The third-order valence-corrected chi connectivity index (χ3v) is 3.33. The molecule has 0 atom stereocenters. The Hall–Kier alpha value is -1.28. The maximum atomic E-state index is 6.05. The summed E-state index contributed by atoms with van der Waals surface area (Å²) in [5, 5.41) is 4.30. The molecule has 2 rings (SSSR count). The Labute approximate surface area is 88.2 Å². The van der Waals surface area contributed by atoms with Gasteiger partial charge in [0, 0.05) is 11.3 Å². The van der Waals surface area contributed by atoms with E-state index < -0.39 is 0 Å².